The molecule has 0 atom stereocenters. The molecule has 1 N–H and O–H groups in total. The van der Waals surface area contributed by atoms with Crippen LogP contribution in [0.15, 0.2) is 0 Å². The van der Waals surface area contributed by atoms with E-state index < -0.39 is 0 Å². The van der Waals surface area contributed by atoms with E-state index in [9.17, 15) is 0 Å². The average molecular weight is 141 g/mol. The minimum absolute atomic E-state index is 0.531. The van der Waals surface area contributed by atoms with E-state index in [4.69, 9.17) is 5.26 Å². The van der Waals surface area contributed by atoms with Crippen molar-refractivity contribution in [3.05, 3.63) is 0 Å². The summed E-state index contributed by atoms with van der Waals surface area (Å²) in [5.74, 6) is 0. The second-order valence-corrected chi connectivity index (χ2v) is 2.35. The summed E-state index contributed by atoms with van der Waals surface area (Å²) in [7, 11) is 3.89. The van der Waals surface area contributed by atoms with Gasteiger partial charge in [0.1, 0.15) is 0 Å². The number of nitrogens with zero attached hydrogens (tertiary/aromatic N) is 2. The molecule has 0 bridgehead atoms. The highest BCUT2D eigenvalue weighted by molar-refractivity contribution is 4.73. The zero-order valence-electron chi connectivity index (χ0n) is 6.72. The molecule has 0 aliphatic carbocycles. The molecule has 0 aromatic carbocycles. The molecule has 0 aromatic heterocycles. The van der Waals surface area contributed by atoms with Gasteiger partial charge in [0.2, 0.25) is 0 Å². The first-order chi connectivity index (χ1) is 4.81. The van der Waals surface area contributed by atoms with E-state index in [1.165, 1.54) is 0 Å². The van der Waals surface area contributed by atoms with Crippen LogP contribution < -0.4 is 5.32 Å². The maximum atomic E-state index is 8.29. The van der Waals surface area contributed by atoms with Gasteiger partial charge in [-0.2, -0.15) is 5.26 Å². The molecule has 3 heteroatoms. The average Bonchev–Trinajstić information content (AvgIpc) is 1.89. The van der Waals surface area contributed by atoms with E-state index in [2.05, 4.69) is 11.4 Å². The number of rotatable bonds is 5. The predicted molar refractivity (Wildman–Crippen MR) is 41.7 cm³/mol. The van der Waals surface area contributed by atoms with E-state index >= 15 is 0 Å². The first-order valence-corrected chi connectivity index (χ1v) is 3.51. The summed E-state index contributed by atoms with van der Waals surface area (Å²) in [6.45, 7) is 2.55. The summed E-state index contributed by atoms with van der Waals surface area (Å²) >= 11 is 0. The zero-order valence-corrected chi connectivity index (χ0v) is 6.72. The summed E-state index contributed by atoms with van der Waals surface area (Å²) in [4.78, 5) is 2.01. The maximum Gasteiger partial charge on any atom is 0.0863 e. The van der Waals surface area contributed by atoms with Gasteiger partial charge in [-0.1, -0.05) is 0 Å². The molecule has 0 unspecified atom stereocenters. The molecule has 0 radical (unpaired) electrons. The Morgan fingerprint density at radius 3 is 2.80 bits per heavy atom. The monoisotopic (exact) mass is 141 g/mol. The standard InChI is InChI=1S/C7H15N3/c1-9-5-3-6-10(2)7-4-8/h9H,3,5-7H2,1-2H3. The predicted octanol–water partition coefficient (Wildman–Crippen LogP) is 0.0513. The lowest BCUT2D eigenvalue weighted by Gasteiger charge is -2.10. The van der Waals surface area contributed by atoms with Gasteiger partial charge in [-0.25, -0.2) is 0 Å². The molecule has 0 aliphatic heterocycles. The fourth-order valence-electron chi connectivity index (χ4n) is 0.726. The summed E-state index contributed by atoms with van der Waals surface area (Å²) in [6, 6.07) is 2.10. The van der Waals surface area contributed by atoms with Gasteiger partial charge in [0.25, 0.3) is 0 Å². The first-order valence-electron chi connectivity index (χ1n) is 3.51. The highest BCUT2D eigenvalue weighted by Crippen LogP contribution is 1.83. The van der Waals surface area contributed by atoms with E-state index in [0.717, 1.165) is 19.5 Å². The van der Waals surface area contributed by atoms with E-state index in [1.54, 1.807) is 0 Å². The Kier molecular flexibility index (Phi) is 6.14. The van der Waals surface area contributed by atoms with Crippen LogP contribution in [0.2, 0.25) is 0 Å². The molecule has 0 fully saturated rings. The van der Waals surface area contributed by atoms with Crippen LogP contribution in [0.5, 0.6) is 0 Å². The molecule has 0 aliphatic rings. The van der Waals surface area contributed by atoms with Crippen LogP contribution in [0.4, 0.5) is 0 Å². The van der Waals surface area contributed by atoms with Crippen LogP contribution in [0.1, 0.15) is 6.42 Å². The Bertz CT molecular complexity index is 106. The van der Waals surface area contributed by atoms with Crippen molar-refractivity contribution in [2.24, 2.45) is 0 Å². The van der Waals surface area contributed by atoms with Crippen LogP contribution >= 0.6 is 0 Å². The van der Waals surface area contributed by atoms with Crippen molar-refractivity contribution < 1.29 is 0 Å². The Morgan fingerprint density at radius 2 is 2.30 bits per heavy atom. The van der Waals surface area contributed by atoms with Crippen molar-refractivity contribution >= 4 is 0 Å². The SMILES string of the molecule is CNCCCN(C)CC#N. The minimum atomic E-state index is 0.531. The number of nitrogens with one attached hydrogen (secondary N) is 1. The molecule has 0 saturated heterocycles. The van der Waals surface area contributed by atoms with Crippen molar-refractivity contribution in [3.63, 3.8) is 0 Å². The second kappa shape index (κ2) is 6.53. The highest BCUT2D eigenvalue weighted by atomic mass is 15.1. The van der Waals surface area contributed by atoms with Gasteiger partial charge in [0.15, 0.2) is 0 Å². The fraction of sp³-hybridized carbons (Fsp3) is 0.857. The molecule has 0 spiro atoms. The Morgan fingerprint density at radius 1 is 1.60 bits per heavy atom. The molecule has 10 heavy (non-hydrogen) atoms. The highest BCUT2D eigenvalue weighted by Gasteiger charge is 1.93. The van der Waals surface area contributed by atoms with Gasteiger partial charge >= 0.3 is 0 Å². The van der Waals surface area contributed by atoms with Gasteiger partial charge < -0.3 is 5.32 Å². The Hall–Kier alpha value is -0.590. The quantitative estimate of drug-likeness (QED) is 0.434. The molecule has 0 aromatic rings. The third kappa shape index (κ3) is 5.54. The van der Waals surface area contributed by atoms with Gasteiger partial charge in [-0.3, -0.25) is 4.90 Å². The minimum Gasteiger partial charge on any atom is -0.320 e. The largest absolute Gasteiger partial charge is 0.320 e. The summed E-state index contributed by atoms with van der Waals surface area (Å²) in [6.07, 6.45) is 1.11. The molecule has 58 valence electrons. The van der Waals surface area contributed by atoms with Crippen LogP contribution in [-0.2, 0) is 0 Å². The number of hydrogen-bond acceptors (Lipinski definition) is 3. The molecular weight excluding hydrogens is 126 g/mol. The Balaban J connectivity index is 3.06. The summed E-state index contributed by atoms with van der Waals surface area (Å²) in [5.41, 5.74) is 0. The van der Waals surface area contributed by atoms with Crippen LogP contribution in [-0.4, -0.2) is 38.6 Å². The van der Waals surface area contributed by atoms with Crippen molar-refractivity contribution in [1.29, 1.82) is 5.26 Å². The third-order valence-corrected chi connectivity index (χ3v) is 1.31. The zero-order chi connectivity index (χ0) is 7.82. The lowest BCUT2D eigenvalue weighted by atomic mass is 10.4. The first kappa shape index (κ1) is 9.41. The molecule has 0 heterocycles. The van der Waals surface area contributed by atoms with E-state index in [1.807, 2.05) is 19.0 Å². The lowest BCUT2D eigenvalue weighted by Crippen LogP contribution is -2.22. The second-order valence-electron chi connectivity index (χ2n) is 2.35. The topological polar surface area (TPSA) is 39.1 Å². The van der Waals surface area contributed by atoms with Gasteiger partial charge in [-0.15, -0.1) is 0 Å². The third-order valence-electron chi connectivity index (χ3n) is 1.31. The van der Waals surface area contributed by atoms with E-state index in [0.29, 0.717) is 6.54 Å². The molecule has 3 nitrogen and oxygen atoms in total. The van der Waals surface area contributed by atoms with Crippen molar-refractivity contribution in [1.82, 2.24) is 10.2 Å². The molecule has 0 rings (SSSR count). The summed E-state index contributed by atoms with van der Waals surface area (Å²) in [5, 5.41) is 11.3. The fourth-order valence-corrected chi connectivity index (χ4v) is 0.726. The van der Waals surface area contributed by atoms with Crippen LogP contribution in [0.25, 0.3) is 0 Å². The van der Waals surface area contributed by atoms with Crippen molar-refractivity contribution in [2.75, 3.05) is 33.7 Å². The van der Waals surface area contributed by atoms with Crippen LogP contribution in [0, 0.1) is 11.3 Å². The molecule has 0 amide bonds. The van der Waals surface area contributed by atoms with Crippen LogP contribution in [0.3, 0.4) is 0 Å². The Labute approximate surface area is 62.6 Å². The van der Waals surface area contributed by atoms with E-state index in [-0.39, 0.29) is 0 Å². The van der Waals surface area contributed by atoms with Gasteiger partial charge in [-0.05, 0) is 27.1 Å². The number of nitriles is 1. The normalized spacial score (nSPS) is 9.80. The van der Waals surface area contributed by atoms with Gasteiger partial charge in [0, 0.05) is 6.54 Å². The maximum absolute atomic E-state index is 8.29. The van der Waals surface area contributed by atoms with Crippen molar-refractivity contribution in [3.8, 4) is 6.07 Å². The molecular formula is C7H15N3. The smallest absolute Gasteiger partial charge is 0.0863 e. The van der Waals surface area contributed by atoms with Crippen molar-refractivity contribution in [2.45, 2.75) is 6.42 Å². The van der Waals surface area contributed by atoms with Gasteiger partial charge in [0.05, 0.1) is 12.6 Å². The number of hydrogen-bond donors (Lipinski definition) is 1. The lowest BCUT2D eigenvalue weighted by molar-refractivity contribution is 0.366. The molecule has 0 saturated carbocycles. The summed E-state index contributed by atoms with van der Waals surface area (Å²) < 4.78 is 0.